The van der Waals surface area contributed by atoms with Crippen LogP contribution >= 0.6 is 0 Å². The van der Waals surface area contributed by atoms with Crippen LogP contribution in [-0.2, 0) is 11.2 Å². The van der Waals surface area contributed by atoms with Gasteiger partial charge in [-0.1, -0.05) is 24.6 Å². The molecular weight excluding hydrogens is 262 g/mol. The first-order valence-electron chi connectivity index (χ1n) is 7.87. The fourth-order valence-corrected chi connectivity index (χ4v) is 3.05. The number of rotatable bonds is 5. The molecule has 2 heterocycles. The van der Waals surface area contributed by atoms with E-state index in [2.05, 4.69) is 33.4 Å². The van der Waals surface area contributed by atoms with Gasteiger partial charge in [0, 0.05) is 23.6 Å². The van der Waals surface area contributed by atoms with Crippen molar-refractivity contribution >= 4 is 16.8 Å². The number of likely N-dealkylation sites (tertiary alicyclic amines) is 1. The Bertz CT molecular complexity index is 599. The maximum atomic E-state index is 11.9. The fourth-order valence-electron chi connectivity index (χ4n) is 3.05. The summed E-state index contributed by atoms with van der Waals surface area (Å²) in [5.74, 6) is 0.150. The topological polar surface area (TPSA) is 48.1 Å². The van der Waals surface area contributed by atoms with Gasteiger partial charge in [-0.05, 0) is 44.0 Å². The first kappa shape index (κ1) is 14.1. The van der Waals surface area contributed by atoms with Gasteiger partial charge in [0.1, 0.15) is 0 Å². The molecule has 1 aliphatic rings. The Labute approximate surface area is 125 Å². The summed E-state index contributed by atoms with van der Waals surface area (Å²) in [5.41, 5.74) is 2.43. The highest BCUT2D eigenvalue weighted by Gasteiger charge is 2.13. The summed E-state index contributed by atoms with van der Waals surface area (Å²) in [7, 11) is 0. The number of piperidine rings is 1. The van der Waals surface area contributed by atoms with Gasteiger partial charge in [-0.3, -0.25) is 9.69 Å². The number of hydrogen-bond acceptors (Lipinski definition) is 2. The van der Waals surface area contributed by atoms with Gasteiger partial charge in [0.05, 0.1) is 6.54 Å². The Morgan fingerprint density at radius 2 is 2.00 bits per heavy atom. The molecule has 4 heteroatoms. The summed E-state index contributed by atoms with van der Waals surface area (Å²) in [6, 6.07) is 8.28. The van der Waals surface area contributed by atoms with Crippen molar-refractivity contribution in [2.24, 2.45) is 0 Å². The summed E-state index contributed by atoms with van der Waals surface area (Å²) in [4.78, 5) is 17.5. The van der Waals surface area contributed by atoms with Crippen molar-refractivity contribution in [2.45, 2.75) is 25.7 Å². The number of nitrogens with zero attached hydrogens (tertiary/aromatic N) is 1. The molecule has 3 rings (SSSR count). The third-order valence-electron chi connectivity index (χ3n) is 4.21. The van der Waals surface area contributed by atoms with Crippen molar-refractivity contribution < 1.29 is 4.79 Å². The quantitative estimate of drug-likeness (QED) is 0.885. The SMILES string of the molecule is O=C(CN1CCCCC1)NCCc1c[nH]c2ccccc12. The van der Waals surface area contributed by atoms with Crippen LogP contribution in [0.5, 0.6) is 0 Å². The summed E-state index contributed by atoms with van der Waals surface area (Å²) >= 11 is 0. The molecule has 0 radical (unpaired) electrons. The van der Waals surface area contributed by atoms with Gasteiger partial charge in [0.15, 0.2) is 0 Å². The Hall–Kier alpha value is -1.81. The monoisotopic (exact) mass is 285 g/mol. The van der Waals surface area contributed by atoms with E-state index in [0.717, 1.165) is 25.0 Å². The number of H-pyrrole nitrogens is 1. The molecule has 1 fully saturated rings. The number of aromatic amines is 1. The lowest BCUT2D eigenvalue weighted by Crippen LogP contribution is -2.40. The van der Waals surface area contributed by atoms with Gasteiger partial charge in [0.2, 0.25) is 5.91 Å². The summed E-state index contributed by atoms with van der Waals surface area (Å²) < 4.78 is 0. The lowest BCUT2D eigenvalue weighted by atomic mass is 10.1. The van der Waals surface area contributed by atoms with E-state index in [4.69, 9.17) is 0 Å². The molecule has 21 heavy (non-hydrogen) atoms. The van der Waals surface area contributed by atoms with Crippen molar-refractivity contribution in [3.8, 4) is 0 Å². The molecule has 1 amide bonds. The third-order valence-corrected chi connectivity index (χ3v) is 4.21. The minimum atomic E-state index is 0.150. The van der Waals surface area contributed by atoms with E-state index < -0.39 is 0 Å². The normalized spacial score (nSPS) is 16.2. The largest absolute Gasteiger partial charge is 0.361 e. The zero-order valence-corrected chi connectivity index (χ0v) is 12.4. The zero-order valence-electron chi connectivity index (χ0n) is 12.4. The Morgan fingerprint density at radius 1 is 1.19 bits per heavy atom. The van der Waals surface area contributed by atoms with Gasteiger partial charge in [0.25, 0.3) is 0 Å². The third kappa shape index (κ3) is 3.64. The minimum Gasteiger partial charge on any atom is -0.361 e. The fraction of sp³-hybridized carbons (Fsp3) is 0.471. The summed E-state index contributed by atoms with van der Waals surface area (Å²) in [6.07, 6.45) is 6.67. The number of carbonyl (C=O) groups is 1. The van der Waals surface area contributed by atoms with Crippen LogP contribution in [0.2, 0.25) is 0 Å². The van der Waals surface area contributed by atoms with Gasteiger partial charge >= 0.3 is 0 Å². The highest BCUT2D eigenvalue weighted by atomic mass is 16.2. The molecule has 4 nitrogen and oxygen atoms in total. The molecule has 112 valence electrons. The minimum absolute atomic E-state index is 0.150. The molecule has 0 atom stereocenters. The summed E-state index contributed by atoms with van der Waals surface area (Å²) in [6.45, 7) is 3.38. The number of carbonyl (C=O) groups excluding carboxylic acids is 1. The zero-order chi connectivity index (χ0) is 14.5. The molecule has 1 aromatic carbocycles. The molecule has 0 spiro atoms. The van der Waals surface area contributed by atoms with Gasteiger partial charge < -0.3 is 10.3 Å². The van der Waals surface area contributed by atoms with E-state index in [1.54, 1.807) is 0 Å². The predicted octanol–water partition coefficient (Wildman–Crippen LogP) is 2.31. The maximum absolute atomic E-state index is 11.9. The molecule has 2 N–H and O–H groups in total. The van der Waals surface area contributed by atoms with Crippen LogP contribution in [0.3, 0.4) is 0 Å². The van der Waals surface area contributed by atoms with Crippen molar-refractivity contribution in [3.63, 3.8) is 0 Å². The maximum Gasteiger partial charge on any atom is 0.234 e. The van der Waals surface area contributed by atoms with Crippen molar-refractivity contribution in [1.29, 1.82) is 0 Å². The molecule has 0 bridgehead atoms. The summed E-state index contributed by atoms with van der Waals surface area (Å²) in [5, 5.41) is 4.29. The first-order valence-corrected chi connectivity index (χ1v) is 7.87. The number of nitrogens with one attached hydrogen (secondary N) is 2. The first-order chi connectivity index (χ1) is 10.3. The second-order valence-corrected chi connectivity index (χ2v) is 5.80. The Morgan fingerprint density at radius 3 is 2.86 bits per heavy atom. The van der Waals surface area contributed by atoms with Crippen molar-refractivity contribution in [2.75, 3.05) is 26.2 Å². The molecular formula is C17H23N3O. The van der Waals surface area contributed by atoms with E-state index >= 15 is 0 Å². The number of para-hydroxylation sites is 1. The molecule has 0 saturated carbocycles. The number of benzene rings is 1. The molecule has 1 aromatic heterocycles. The van der Waals surface area contributed by atoms with Crippen molar-refractivity contribution in [1.82, 2.24) is 15.2 Å². The average molecular weight is 285 g/mol. The van der Waals surface area contributed by atoms with Crippen LogP contribution in [0, 0.1) is 0 Å². The number of hydrogen-bond donors (Lipinski definition) is 2. The van der Waals surface area contributed by atoms with Crippen LogP contribution in [0.1, 0.15) is 24.8 Å². The molecule has 2 aromatic rings. The van der Waals surface area contributed by atoms with Crippen LogP contribution in [0.4, 0.5) is 0 Å². The van der Waals surface area contributed by atoms with Gasteiger partial charge in [-0.2, -0.15) is 0 Å². The van der Waals surface area contributed by atoms with Crippen LogP contribution in [0.15, 0.2) is 30.5 Å². The van der Waals surface area contributed by atoms with E-state index in [9.17, 15) is 4.79 Å². The second kappa shape index (κ2) is 6.76. The van der Waals surface area contributed by atoms with Crippen molar-refractivity contribution in [3.05, 3.63) is 36.0 Å². The standard InChI is InChI=1S/C17H23N3O/c21-17(13-20-10-4-1-5-11-20)18-9-8-14-12-19-16-7-3-2-6-15(14)16/h2-3,6-7,12,19H,1,4-5,8-11,13H2,(H,18,21). The predicted molar refractivity (Wildman–Crippen MR) is 85.3 cm³/mol. The van der Waals surface area contributed by atoms with E-state index in [1.807, 2.05) is 12.3 Å². The van der Waals surface area contributed by atoms with E-state index in [1.165, 1.54) is 30.2 Å². The van der Waals surface area contributed by atoms with Crippen LogP contribution in [-0.4, -0.2) is 42.0 Å². The van der Waals surface area contributed by atoms with Crippen LogP contribution in [0.25, 0.3) is 10.9 Å². The lowest BCUT2D eigenvalue weighted by molar-refractivity contribution is -0.122. The number of amides is 1. The average Bonchev–Trinajstić information content (AvgIpc) is 2.92. The smallest absolute Gasteiger partial charge is 0.234 e. The lowest BCUT2D eigenvalue weighted by Gasteiger charge is -2.25. The highest BCUT2D eigenvalue weighted by Crippen LogP contribution is 2.17. The second-order valence-electron chi connectivity index (χ2n) is 5.80. The molecule has 1 aliphatic heterocycles. The Balaban J connectivity index is 1.46. The molecule has 0 aliphatic carbocycles. The van der Waals surface area contributed by atoms with Crippen LogP contribution < -0.4 is 5.32 Å². The Kier molecular flexibility index (Phi) is 4.55. The molecule has 1 saturated heterocycles. The highest BCUT2D eigenvalue weighted by molar-refractivity contribution is 5.83. The molecule has 0 unspecified atom stereocenters. The van der Waals surface area contributed by atoms with E-state index in [0.29, 0.717) is 13.1 Å². The van der Waals surface area contributed by atoms with Gasteiger partial charge in [-0.15, -0.1) is 0 Å². The number of fused-ring (bicyclic) bond motifs is 1. The number of aromatic nitrogens is 1. The van der Waals surface area contributed by atoms with E-state index in [-0.39, 0.29) is 5.91 Å². The van der Waals surface area contributed by atoms with Gasteiger partial charge in [-0.25, -0.2) is 0 Å².